The van der Waals surface area contributed by atoms with Gasteiger partial charge in [0, 0.05) is 18.8 Å². The molecule has 0 spiro atoms. The first-order chi connectivity index (χ1) is 8.56. The Morgan fingerprint density at radius 3 is 2.67 bits per heavy atom. The van der Waals surface area contributed by atoms with Gasteiger partial charge in [-0.1, -0.05) is 45.4 Å². The zero-order chi connectivity index (χ0) is 13.0. The molecule has 0 radical (unpaired) electrons. The molecule has 0 saturated heterocycles. The maximum absolute atomic E-state index is 2.58. The maximum Gasteiger partial charge on any atom is 0.0398 e. The molecule has 0 N–H and O–H groups in total. The van der Waals surface area contributed by atoms with Crippen molar-refractivity contribution in [3.05, 3.63) is 29.8 Å². The van der Waals surface area contributed by atoms with E-state index in [1.54, 1.807) is 5.56 Å². The smallest absolute Gasteiger partial charge is 0.0398 e. The van der Waals surface area contributed by atoms with Crippen LogP contribution in [-0.2, 0) is 6.42 Å². The zero-order valence-electron chi connectivity index (χ0n) is 12.2. The first-order valence-electron chi connectivity index (χ1n) is 7.39. The lowest BCUT2D eigenvalue weighted by molar-refractivity contribution is 0.360. The maximum atomic E-state index is 2.58. The van der Waals surface area contributed by atoms with E-state index in [4.69, 9.17) is 0 Å². The van der Waals surface area contributed by atoms with Crippen molar-refractivity contribution in [3.8, 4) is 0 Å². The number of anilines is 1. The molecule has 100 valence electrons. The van der Waals surface area contributed by atoms with Crippen LogP contribution in [0.1, 0.15) is 52.0 Å². The summed E-state index contributed by atoms with van der Waals surface area (Å²) < 4.78 is 0. The molecule has 1 heterocycles. The first-order valence-corrected chi connectivity index (χ1v) is 7.39. The molecule has 1 aromatic rings. The number of unbranched alkanes of at least 4 members (excludes halogenated alkanes) is 1. The van der Waals surface area contributed by atoms with Gasteiger partial charge >= 0.3 is 0 Å². The van der Waals surface area contributed by atoms with Crippen molar-refractivity contribution in [2.24, 2.45) is 5.41 Å². The monoisotopic (exact) mass is 245 g/mol. The fourth-order valence-electron chi connectivity index (χ4n) is 2.80. The van der Waals surface area contributed by atoms with Gasteiger partial charge in [0.05, 0.1) is 0 Å². The quantitative estimate of drug-likeness (QED) is 0.698. The van der Waals surface area contributed by atoms with E-state index in [1.807, 2.05) is 0 Å². The van der Waals surface area contributed by atoms with Gasteiger partial charge in [0.15, 0.2) is 0 Å². The summed E-state index contributed by atoms with van der Waals surface area (Å²) in [7, 11) is 0. The van der Waals surface area contributed by atoms with Crippen LogP contribution in [0.25, 0.3) is 0 Å². The fraction of sp³-hybridized carbons (Fsp3) is 0.647. The fourth-order valence-corrected chi connectivity index (χ4v) is 2.80. The molecule has 0 saturated carbocycles. The zero-order valence-corrected chi connectivity index (χ0v) is 12.2. The van der Waals surface area contributed by atoms with Gasteiger partial charge in [0.1, 0.15) is 0 Å². The second-order valence-electron chi connectivity index (χ2n) is 6.74. The van der Waals surface area contributed by atoms with Gasteiger partial charge in [-0.25, -0.2) is 0 Å². The SMILES string of the molecule is CC(C)(C)CCCCN1CCCc2ccccc21. The van der Waals surface area contributed by atoms with Gasteiger partial charge in [-0.3, -0.25) is 0 Å². The average Bonchev–Trinajstić information content (AvgIpc) is 2.33. The highest BCUT2D eigenvalue weighted by Gasteiger charge is 2.16. The number of hydrogen-bond donors (Lipinski definition) is 0. The third-order valence-electron chi connectivity index (χ3n) is 3.81. The van der Waals surface area contributed by atoms with Crippen LogP contribution >= 0.6 is 0 Å². The Hall–Kier alpha value is -0.980. The molecule has 0 unspecified atom stereocenters. The molecule has 0 amide bonds. The van der Waals surface area contributed by atoms with E-state index in [-0.39, 0.29) is 0 Å². The molecule has 0 fully saturated rings. The predicted molar refractivity (Wildman–Crippen MR) is 80.3 cm³/mol. The van der Waals surface area contributed by atoms with E-state index in [2.05, 4.69) is 49.9 Å². The average molecular weight is 245 g/mol. The van der Waals surface area contributed by atoms with Gasteiger partial charge in [-0.2, -0.15) is 0 Å². The molecule has 0 aromatic heterocycles. The second-order valence-corrected chi connectivity index (χ2v) is 6.74. The molecule has 2 rings (SSSR count). The Balaban J connectivity index is 1.84. The number of nitrogens with zero attached hydrogens (tertiary/aromatic N) is 1. The van der Waals surface area contributed by atoms with Gasteiger partial charge in [-0.05, 0) is 42.7 Å². The minimum Gasteiger partial charge on any atom is -0.371 e. The van der Waals surface area contributed by atoms with E-state index < -0.39 is 0 Å². The third-order valence-corrected chi connectivity index (χ3v) is 3.81. The van der Waals surface area contributed by atoms with Crippen molar-refractivity contribution >= 4 is 5.69 Å². The van der Waals surface area contributed by atoms with Gasteiger partial charge in [0.25, 0.3) is 0 Å². The van der Waals surface area contributed by atoms with Crippen LogP contribution < -0.4 is 4.90 Å². The molecule has 0 aliphatic carbocycles. The Bertz CT molecular complexity index is 375. The highest BCUT2D eigenvalue weighted by atomic mass is 15.1. The van der Waals surface area contributed by atoms with E-state index in [0.29, 0.717) is 5.41 Å². The van der Waals surface area contributed by atoms with Crippen LogP contribution in [0, 0.1) is 5.41 Å². The number of hydrogen-bond acceptors (Lipinski definition) is 1. The van der Waals surface area contributed by atoms with Crippen LogP contribution in [0.4, 0.5) is 5.69 Å². The Labute approximate surface area is 112 Å². The minimum atomic E-state index is 0.486. The lowest BCUT2D eigenvalue weighted by Gasteiger charge is -2.31. The standard InChI is InChI=1S/C17H27N/c1-17(2,3)12-6-7-13-18-14-8-10-15-9-4-5-11-16(15)18/h4-5,9,11H,6-8,10,12-14H2,1-3H3. The number of rotatable bonds is 4. The minimum absolute atomic E-state index is 0.486. The number of benzene rings is 1. The molecule has 1 nitrogen and oxygen atoms in total. The Morgan fingerprint density at radius 1 is 1.11 bits per heavy atom. The summed E-state index contributed by atoms with van der Waals surface area (Å²) in [5.41, 5.74) is 3.51. The van der Waals surface area contributed by atoms with Crippen molar-refractivity contribution in [3.63, 3.8) is 0 Å². The summed E-state index contributed by atoms with van der Waals surface area (Å²) in [5.74, 6) is 0. The van der Waals surface area contributed by atoms with Crippen LogP contribution in [0.5, 0.6) is 0 Å². The Kier molecular flexibility index (Phi) is 4.31. The summed E-state index contributed by atoms with van der Waals surface area (Å²) in [6, 6.07) is 8.92. The largest absolute Gasteiger partial charge is 0.371 e. The molecule has 0 bridgehead atoms. The highest BCUT2D eigenvalue weighted by molar-refractivity contribution is 5.55. The molecular formula is C17H27N. The molecule has 1 aromatic carbocycles. The second kappa shape index (κ2) is 5.77. The number of fused-ring (bicyclic) bond motifs is 1. The summed E-state index contributed by atoms with van der Waals surface area (Å²) in [6.45, 7) is 9.48. The molecule has 18 heavy (non-hydrogen) atoms. The molecule has 1 aliphatic heterocycles. The summed E-state index contributed by atoms with van der Waals surface area (Å²) in [6.07, 6.45) is 6.58. The topological polar surface area (TPSA) is 3.24 Å². The normalized spacial score (nSPS) is 15.6. The number of aryl methyl sites for hydroxylation is 1. The lowest BCUT2D eigenvalue weighted by Crippen LogP contribution is -2.30. The number of para-hydroxylation sites is 1. The first kappa shape index (κ1) is 13.5. The van der Waals surface area contributed by atoms with Crippen molar-refractivity contribution in [1.29, 1.82) is 0 Å². The van der Waals surface area contributed by atoms with E-state index in [9.17, 15) is 0 Å². The predicted octanol–water partition coefficient (Wildman–Crippen LogP) is 4.66. The third kappa shape index (κ3) is 3.76. The summed E-state index contributed by atoms with van der Waals surface area (Å²) in [5, 5.41) is 0. The van der Waals surface area contributed by atoms with Gasteiger partial charge < -0.3 is 4.90 Å². The van der Waals surface area contributed by atoms with E-state index >= 15 is 0 Å². The van der Waals surface area contributed by atoms with Crippen molar-refractivity contribution in [2.75, 3.05) is 18.0 Å². The van der Waals surface area contributed by atoms with Crippen LogP contribution in [0.3, 0.4) is 0 Å². The highest BCUT2D eigenvalue weighted by Crippen LogP contribution is 2.27. The van der Waals surface area contributed by atoms with Crippen molar-refractivity contribution < 1.29 is 0 Å². The van der Waals surface area contributed by atoms with Gasteiger partial charge in [0.2, 0.25) is 0 Å². The van der Waals surface area contributed by atoms with E-state index in [1.165, 1.54) is 50.9 Å². The van der Waals surface area contributed by atoms with Crippen molar-refractivity contribution in [2.45, 2.75) is 52.9 Å². The van der Waals surface area contributed by atoms with Crippen molar-refractivity contribution in [1.82, 2.24) is 0 Å². The van der Waals surface area contributed by atoms with E-state index in [0.717, 1.165) is 0 Å². The van der Waals surface area contributed by atoms with Crippen LogP contribution in [0.2, 0.25) is 0 Å². The van der Waals surface area contributed by atoms with Crippen LogP contribution in [0.15, 0.2) is 24.3 Å². The molecule has 1 heteroatoms. The molecule has 0 atom stereocenters. The molecular weight excluding hydrogens is 218 g/mol. The van der Waals surface area contributed by atoms with Crippen LogP contribution in [-0.4, -0.2) is 13.1 Å². The molecule has 1 aliphatic rings. The lowest BCUT2D eigenvalue weighted by atomic mass is 9.90. The van der Waals surface area contributed by atoms with Gasteiger partial charge in [-0.15, -0.1) is 0 Å². The summed E-state index contributed by atoms with van der Waals surface area (Å²) >= 11 is 0. The summed E-state index contributed by atoms with van der Waals surface area (Å²) in [4.78, 5) is 2.58. The Morgan fingerprint density at radius 2 is 1.89 bits per heavy atom.